The fraction of sp³-hybridized carbons (Fsp3) is 0.300. The first-order chi connectivity index (χ1) is 10.9. The van der Waals surface area contributed by atoms with Gasteiger partial charge in [0.2, 0.25) is 0 Å². The van der Waals surface area contributed by atoms with Crippen molar-refractivity contribution in [3.8, 4) is 17.2 Å². The number of aromatic hydroxyl groups is 2. The van der Waals surface area contributed by atoms with Crippen molar-refractivity contribution in [1.29, 1.82) is 0 Å². The molecule has 0 unspecified atom stereocenters. The van der Waals surface area contributed by atoms with Gasteiger partial charge in [-0.15, -0.1) is 6.58 Å². The molecule has 3 rings (SSSR count). The van der Waals surface area contributed by atoms with Gasteiger partial charge in [0.25, 0.3) is 0 Å². The maximum atomic E-state index is 10.4. The third-order valence-electron chi connectivity index (χ3n) is 4.59. The van der Waals surface area contributed by atoms with Gasteiger partial charge in [-0.1, -0.05) is 32.1 Å². The Morgan fingerprint density at radius 3 is 2.52 bits per heavy atom. The Hall–Kier alpha value is -2.42. The second kappa shape index (κ2) is 5.65. The van der Waals surface area contributed by atoms with E-state index in [0.29, 0.717) is 0 Å². The molecule has 3 heteroatoms. The van der Waals surface area contributed by atoms with Gasteiger partial charge in [0.15, 0.2) is 0 Å². The molecule has 2 N–H and O–H groups in total. The number of phenolic OH excluding ortho intramolecular Hbond substituents is 2. The SMILES string of the molecule is C=CC(C)(C)c1cc2c(cc1O)O[C@@H](c1ccc(O)cc1)CC2. The Morgan fingerprint density at radius 1 is 1.17 bits per heavy atom. The summed E-state index contributed by atoms with van der Waals surface area (Å²) < 4.78 is 6.07. The molecule has 0 aromatic heterocycles. The van der Waals surface area contributed by atoms with Gasteiger partial charge in [-0.2, -0.15) is 0 Å². The molecule has 0 radical (unpaired) electrons. The van der Waals surface area contributed by atoms with Crippen LogP contribution in [0.4, 0.5) is 0 Å². The summed E-state index contributed by atoms with van der Waals surface area (Å²) in [5.41, 5.74) is 2.73. The van der Waals surface area contributed by atoms with E-state index in [1.807, 2.05) is 38.1 Å². The van der Waals surface area contributed by atoms with E-state index < -0.39 is 0 Å². The lowest BCUT2D eigenvalue weighted by atomic mass is 9.82. The molecule has 0 aliphatic carbocycles. The van der Waals surface area contributed by atoms with E-state index in [0.717, 1.165) is 35.3 Å². The fourth-order valence-electron chi connectivity index (χ4n) is 2.97. The van der Waals surface area contributed by atoms with E-state index in [4.69, 9.17) is 4.74 Å². The van der Waals surface area contributed by atoms with Crippen molar-refractivity contribution in [1.82, 2.24) is 0 Å². The number of hydrogen-bond acceptors (Lipinski definition) is 3. The summed E-state index contributed by atoms with van der Waals surface area (Å²) in [4.78, 5) is 0. The number of hydrogen-bond donors (Lipinski definition) is 2. The van der Waals surface area contributed by atoms with Gasteiger partial charge in [0, 0.05) is 17.0 Å². The normalized spacial score (nSPS) is 17.2. The smallest absolute Gasteiger partial charge is 0.127 e. The van der Waals surface area contributed by atoms with Crippen LogP contribution >= 0.6 is 0 Å². The second-order valence-corrected chi connectivity index (χ2v) is 6.64. The minimum Gasteiger partial charge on any atom is -0.508 e. The van der Waals surface area contributed by atoms with Crippen LogP contribution in [0.15, 0.2) is 49.1 Å². The zero-order valence-corrected chi connectivity index (χ0v) is 13.5. The van der Waals surface area contributed by atoms with Crippen LogP contribution in [0.1, 0.15) is 43.1 Å². The van der Waals surface area contributed by atoms with Gasteiger partial charge in [-0.3, -0.25) is 0 Å². The van der Waals surface area contributed by atoms with Crippen LogP contribution in [0, 0.1) is 0 Å². The standard InChI is InChI=1S/C20H22O3/c1-4-20(2,3)16-11-14-7-10-18(23-19(14)12-17(16)22)13-5-8-15(21)9-6-13/h4-6,8-9,11-12,18,21-22H,1,7,10H2,2-3H3/t18-/m1/s1. The van der Waals surface area contributed by atoms with Crippen LogP contribution in [0.2, 0.25) is 0 Å². The summed E-state index contributed by atoms with van der Waals surface area (Å²) in [6, 6.07) is 10.8. The Kier molecular flexibility index (Phi) is 3.80. The van der Waals surface area contributed by atoms with E-state index >= 15 is 0 Å². The third-order valence-corrected chi connectivity index (χ3v) is 4.59. The fourth-order valence-corrected chi connectivity index (χ4v) is 2.97. The number of phenols is 2. The van der Waals surface area contributed by atoms with Crippen molar-refractivity contribution in [2.75, 3.05) is 0 Å². The Morgan fingerprint density at radius 2 is 1.87 bits per heavy atom. The molecular formula is C20H22O3. The van der Waals surface area contributed by atoms with Crippen LogP contribution in [0.5, 0.6) is 17.2 Å². The first-order valence-electron chi connectivity index (χ1n) is 7.86. The van der Waals surface area contributed by atoms with Crippen molar-refractivity contribution in [2.45, 2.75) is 38.2 Å². The van der Waals surface area contributed by atoms with Crippen LogP contribution in [-0.2, 0) is 11.8 Å². The molecule has 1 aliphatic heterocycles. The molecule has 1 heterocycles. The maximum Gasteiger partial charge on any atom is 0.127 e. The Bertz CT molecular complexity index is 729. The molecule has 3 nitrogen and oxygen atoms in total. The van der Waals surface area contributed by atoms with Gasteiger partial charge in [0.1, 0.15) is 23.4 Å². The number of fused-ring (bicyclic) bond motifs is 1. The predicted octanol–water partition coefficient (Wildman–Crippen LogP) is 4.63. The molecule has 0 spiro atoms. The van der Waals surface area contributed by atoms with Crippen LogP contribution in [0.3, 0.4) is 0 Å². The Labute approximate surface area is 136 Å². The average molecular weight is 310 g/mol. The summed E-state index contributed by atoms with van der Waals surface area (Å²) in [7, 11) is 0. The highest BCUT2D eigenvalue weighted by molar-refractivity contribution is 5.51. The summed E-state index contributed by atoms with van der Waals surface area (Å²) in [6.07, 6.45) is 3.55. The lowest BCUT2D eigenvalue weighted by molar-refractivity contribution is 0.175. The van der Waals surface area contributed by atoms with Gasteiger partial charge < -0.3 is 14.9 Å². The summed E-state index contributed by atoms with van der Waals surface area (Å²) in [6.45, 7) is 7.92. The monoisotopic (exact) mass is 310 g/mol. The molecule has 0 bridgehead atoms. The summed E-state index contributed by atoms with van der Waals surface area (Å²) in [5.74, 6) is 1.22. The van der Waals surface area contributed by atoms with E-state index in [9.17, 15) is 10.2 Å². The molecule has 0 amide bonds. The molecule has 120 valence electrons. The lowest BCUT2D eigenvalue weighted by Crippen LogP contribution is -2.18. The first-order valence-corrected chi connectivity index (χ1v) is 7.86. The number of allylic oxidation sites excluding steroid dienone is 1. The first kappa shape index (κ1) is 15.5. The molecular weight excluding hydrogens is 288 g/mol. The number of benzene rings is 2. The van der Waals surface area contributed by atoms with E-state index in [2.05, 4.69) is 6.58 Å². The molecule has 2 aromatic carbocycles. The third kappa shape index (κ3) is 2.91. The molecule has 0 saturated carbocycles. The average Bonchev–Trinajstić information content (AvgIpc) is 2.54. The van der Waals surface area contributed by atoms with Crippen molar-refractivity contribution < 1.29 is 14.9 Å². The number of rotatable bonds is 3. The van der Waals surface area contributed by atoms with Crippen LogP contribution in [-0.4, -0.2) is 10.2 Å². The molecule has 2 aromatic rings. The van der Waals surface area contributed by atoms with Crippen molar-refractivity contribution in [3.63, 3.8) is 0 Å². The molecule has 0 saturated heterocycles. The lowest BCUT2D eigenvalue weighted by Gasteiger charge is -2.29. The summed E-state index contributed by atoms with van der Waals surface area (Å²) >= 11 is 0. The number of ether oxygens (including phenoxy) is 1. The van der Waals surface area contributed by atoms with Crippen LogP contribution < -0.4 is 4.74 Å². The maximum absolute atomic E-state index is 10.4. The molecule has 23 heavy (non-hydrogen) atoms. The highest BCUT2D eigenvalue weighted by Gasteiger charge is 2.27. The van der Waals surface area contributed by atoms with Gasteiger partial charge in [-0.25, -0.2) is 0 Å². The van der Waals surface area contributed by atoms with Crippen molar-refractivity contribution >= 4 is 0 Å². The van der Waals surface area contributed by atoms with E-state index in [-0.39, 0.29) is 23.0 Å². The highest BCUT2D eigenvalue weighted by Crippen LogP contribution is 2.42. The van der Waals surface area contributed by atoms with E-state index in [1.54, 1.807) is 18.2 Å². The Balaban J connectivity index is 1.91. The van der Waals surface area contributed by atoms with Gasteiger partial charge >= 0.3 is 0 Å². The zero-order chi connectivity index (χ0) is 16.6. The topological polar surface area (TPSA) is 49.7 Å². The van der Waals surface area contributed by atoms with E-state index in [1.165, 1.54) is 0 Å². The molecule has 1 atom stereocenters. The number of aryl methyl sites for hydroxylation is 1. The summed E-state index contributed by atoms with van der Waals surface area (Å²) in [5, 5.41) is 19.8. The highest BCUT2D eigenvalue weighted by atomic mass is 16.5. The van der Waals surface area contributed by atoms with Crippen molar-refractivity contribution in [2.24, 2.45) is 0 Å². The zero-order valence-electron chi connectivity index (χ0n) is 13.5. The van der Waals surface area contributed by atoms with Crippen LogP contribution in [0.25, 0.3) is 0 Å². The molecule has 1 aliphatic rings. The largest absolute Gasteiger partial charge is 0.508 e. The quantitative estimate of drug-likeness (QED) is 0.813. The second-order valence-electron chi connectivity index (χ2n) is 6.64. The van der Waals surface area contributed by atoms with Gasteiger partial charge in [0.05, 0.1) is 0 Å². The minimum atomic E-state index is -0.285. The molecule has 0 fully saturated rings. The van der Waals surface area contributed by atoms with Crippen molar-refractivity contribution in [3.05, 3.63) is 65.7 Å². The van der Waals surface area contributed by atoms with Gasteiger partial charge in [-0.05, 0) is 42.2 Å². The minimum absolute atomic E-state index is 0.0548. The predicted molar refractivity (Wildman–Crippen MR) is 91.1 cm³/mol.